The molecule has 102 valence electrons. The predicted octanol–water partition coefficient (Wildman–Crippen LogP) is 3.02. The third-order valence-electron chi connectivity index (χ3n) is 2.88. The third-order valence-corrected chi connectivity index (χ3v) is 2.88. The lowest BCUT2D eigenvalue weighted by Gasteiger charge is -2.08. The molecule has 0 aromatic heterocycles. The molecule has 2 aromatic rings. The van der Waals surface area contributed by atoms with Crippen LogP contribution in [0.5, 0.6) is 5.75 Å². The Morgan fingerprint density at radius 1 is 1.20 bits per heavy atom. The quantitative estimate of drug-likeness (QED) is 0.869. The van der Waals surface area contributed by atoms with E-state index >= 15 is 0 Å². The Morgan fingerprint density at radius 2 is 2.00 bits per heavy atom. The van der Waals surface area contributed by atoms with E-state index in [2.05, 4.69) is 11.8 Å². The average Bonchev–Trinajstić information content (AvgIpc) is 2.47. The Kier molecular flexibility index (Phi) is 4.75. The zero-order valence-electron chi connectivity index (χ0n) is 11.3. The van der Waals surface area contributed by atoms with Gasteiger partial charge in [0.05, 0.1) is 6.54 Å². The molecule has 0 heterocycles. The highest BCUT2D eigenvalue weighted by Gasteiger charge is 2.03. The van der Waals surface area contributed by atoms with Gasteiger partial charge in [-0.25, -0.2) is 4.39 Å². The van der Waals surface area contributed by atoms with E-state index in [-0.39, 0.29) is 5.82 Å². The molecule has 0 spiro atoms. The lowest BCUT2D eigenvalue weighted by molar-refractivity contribution is 0.304. The van der Waals surface area contributed by atoms with Gasteiger partial charge in [0, 0.05) is 17.2 Å². The maximum Gasteiger partial charge on any atom is 0.129 e. The molecule has 0 saturated heterocycles. The number of nitrogens with two attached hydrogens (primary N) is 1. The molecule has 0 fully saturated rings. The molecule has 0 aliphatic rings. The summed E-state index contributed by atoms with van der Waals surface area (Å²) >= 11 is 0. The molecule has 2 N–H and O–H groups in total. The third kappa shape index (κ3) is 3.59. The Hall–Kier alpha value is -2.31. The molecular weight excluding hydrogens is 253 g/mol. The second-order valence-electron chi connectivity index (χ2n) is 4.36. The Labute approximate surface area is 118 Å². The number of ether oxygens (including phenoxy) is 1. The first-order valence-corrected chi connectivity index (χ1v) is 6.36. The van der Waals surface area contributed by atoms with Gasteiger partial charge in [-0.1, -0.05) is 36.1 Å². The van der Waals surface area contributed by atoms with E-state index in [0.29, 0.717) is 24.5 Å². The van der Waals surface area contributed by atoms with Gasteiger partial charge in [-0.05, 0) is 24.6 Å². The first-order valence-electron chi connectivity index (χ1n) is 6.36. The Balaban J connectivity index is 2.12. The molecule has 0 atom stereocenters. The van der Waals surface area contributed by atoms with Crippen LogP contribution in [0.3, 0.4) is 0 Å². The molecule has 0 radical (unpaired) electrons. The molecule has 0 aliphatic carbocycles. The van der Waals surface area contributed by atoms with Gasteiger partial charge in [0.2, 0.25) is 0 Å². The predicted molar refractivity (Wildman–Crippen MR) is 77.8 cm³/mol. The number of aryl methyl sites for hydroxylation is 1. The zero-order chi connectivity index (χ0) is 14.4. The molecule has 3 heteroatoms. The summed E-state index contributed by atoms with van der Waals surface area (Å²) in [7, 11) is 0. The van der Waals surface area contributed by atoms with Crippen LogP contribution in [0.4, 0.5) is 4.39 Å². The van der Waals surface area contributed by atoms with E-state index in [4.69, 9.17) is 10.5 Å². The summed E-state index contributed by atoms with van der Waals surface area (Å²) in [4.78, 5) is 0. The van der Waals surface area contributed by atoms with Crippen LogP contribution in [0.15, 0.2) is 42.5 Å². The van der Waals surface area contributed by atoms with Crippen molar-refractivity contribution in [3.63, 3.8) is 0 Å². The van der Waals surface area contributed by atoms with Gasteiger partial charge < -0.3 is 10.5 Å². The van der Waals surface area contributed by atoms with Crippen LogP contribution in [0.2, 0.25) is 0 Å². The van der Waals surface area contributed by atoms with E-state index in [9.17, 15) is 4.39 Å². The minimum absolute atomic E-state index is 0.265. The van der Waals surface area contributed by atoms with Crippen LogP contribution < -0.4 is 10.5 Å². The molecule has 2 rings (SSSR count). The maximum absolute atomic E-state index is 13.4. The molecule has 20 heavy (non-hydrogen) atoms. The van der Waals surface area contributed by atoms with E-state index in [0.717, 1.165) is 11.1 Å². The summed E-state index contributed by atoms with van der Waals surface area (Å²) in [6, 6.07) is 12.5. The lowest BCUT2D eigenvalue weighted by atomic mass is 10.1. The van der Waals surface area contributed by atoms with Gasteiger partial charge in [-0.15, -0.1) is 0 Å². The second-order valence-corrected chi connectivity index (χ2v) is 4.36. The van der Waals surface area contributed by atoms with Crippen molar-refractivity contribution in [2.45, 2.75) is 13.5 Å². The first kappa shape index (κ1) is 14.1. The monoisotopic (exact) mass is 269 g/mol. The van der Waals surface area contributed by atoms with Crippen molar-refractivity contribution in [2.75, 3.05) is 6.54 Å². The van der Waals surface area contributed by atoms with Gasteiger partial charge in [0.1, 0.15) is 18.2 Å². The van der Waals surface area contributed by atoms with Crippen LogP contribution >= 0.6 is 0 Å². The summed E-state index contributed by atoms with van der Waals surface area (Å²) in [6.07, 6.45) is 0. The number of halogens is 1. The highest BCUT2D eigenvalue weighted by atomic mass is 19.1. The van der Waals surface area contributed by atoms with Crippen molar-refractivity contribution in [1.29, 1.82) is 0 Å². The number of hydrogen-bond donors (Lipinski definition) is 1. The van der Waals surface area contributed by atoms with E-state index in [1.807, 2.05) is 24.3 Å². The smallest absolute Gasteiger partial charge is 0.129 e. The molecule has 2 aromatic carbocycles. The molecule has 0 saturated carbocycles. The Morgan fingerprint density at radius 3 is 2.75 bits per heavy atom. The summed E-state index contributed by atoms with van der Waals surface area (Å²) in [5.41, 5.74) is 7.81. The number of rotatable bonds is 3. The summed E-state index contributed by atoms with van der Waals surface area (Å²) in [5, 5.41) is 0. The fraction of sp³-hybridized carbons (Fsp3) is 0.176. The van der Waals surface area contributed by atoms with Crippen molar-refractivity contribution in [3.05, 3.63) is 65.0 Å². The fourth-order valence-corrected chi connectivity index (χ4v) is 1.74. The molecule has 0 aliphatic heterocycles. The maximum atomic E-state index is 13.4. The van der Waals surface area contributed by atoms with Crippen molar-refractivity contribution >= 4 is 0 Å². The summed E-state index contributed by atoms with van der Waals surface area (Å²) in [5.74, 6) is 6.07. The molecule has 0 bridgehead atoms. The molecule has 2 nitrogen and oxygen atoms in total. The van der Waals surface area contributed by atoms with Crippen LogP contribution in [-0.4, -0.2) is 6.54 Å². The lowest BCUT2D eigenvalue weighted by Crippen LogP contribution is -1.99. The van der Waals surface area contributed by atoms with Gasteiger partial charge in [-0.2, -0.15) is 0 Å². The van der Waals surface area contributed by atoms with Crippen molar-refractivity contribution in [1.82, 2.24) is 0 Å². The van der Waals surface area contributed by atoms with Crippen LogP contribution in [-0.2, 0) is 6.61 Å². The summed E-state index contributed by atoms with van der Waals surface area (Å²) in [6.45, 7) is 2.38. The number of benzene rings is 2. The zero-order valence-corrected chi connectivity index (χ0v) is 11.3. The fourth-order valence-electron chi connectivity index (χ4n) is 1.74. The average molecular weight is 269 g/mol. The van der Waals surface area contributed by atoms with Crippen molar-refractivity contribution < 1.29 is 9.13 Å². The van der Waals surface area contributed by atoms with E-state index < -0.39 is 0 Å². The van der Waals surface area contributed by atoms with E-state index in [1.54, 1.807) is 19.1 Å². The van der Waals surface area contributed by atoms with E-state index in [1.165, 1.54) is 6.07 Å². The largest absolute Gasteiger partial charge is 0.489 e. The van der Waals surface area contributed by atoms with Crippen molar-refractivity contribution in [3.8, 4) is 17.6 Å². The second kappa shape index (κ2) is 6.74. The van der Waals surface area contributed by atoms with Gasteiger partial charge >= 0.3 is 0 Å². The van der Waals surface area contributed by atoms with Crippen molar-refractivity contribution in [2.24, 2.45) is 5.73 Å². The molecule has 0 unspecified atom stereocenters. The standard InChI is InChI=1S/C17H16FNO/c1-13-8-9-16(11-17(13)18)20-12-15-6-3-2-5-14(15)7-4-10-19/h2-3,5-6,8-9,11H,10,12,19H2,1H3. The van der Waals surface area contributed by atoms with Crippen LogP contribution in [0.25, 0.3) is 0 Å². The summed E-state index contributed by atoms with van der Waals surface area (Å²) < 4.78 is 19.0. The topological polar surface area (TPSA) is 35.2 Å². The number of hydrogen-bond acceptors (Lipinski definition) is 2. The minimum Gasteiger partial charge on any atom is -0.489 e. The Bertz CT molecular complexity index is 656. The minimum atomic E-state index is -0.265. The van der Waals surface area contributed by atoms with Crippen LogP contribution in [0.1, 0.15) is 16.7 Å². The molecular formula is C17H16FNO. The van der Waals surface area contributed by atoms with Gasteiger partial charge in [0.25, 0.3) is 0 Å². The highest BCUT2D eigenvalue weighted by Crippen LogP contribution is 2.18. The normalized spacial score (nSPS) is 9.75. The first-order chi connectivity index (χ1) is 9.70. The molecule has 0 amide bonds. The highest BCUT2D eigenvalue weighted by molar-refractivity contribution is 5.41. The van der Waals surface area contributed by atoms with Gasteiger partial charge in [-0.3, -0.25) is 0 Å². The SMILES string of the molecule is Cc1ccc(OCc2ccccc2C#CCN)cc1F. The van der Waals surface area contributed by atoms with Crippen LogP contribution in [0, 0.1) is 24.6 Å². The van der Waals surface area contributed by atoms with Gasteiger partial charge in [0.15, 0.2) is 0 Å².